The van der Waals surface area contributed by atoms with E-state index in [-0.39, 0.29) is 37.4 Å². The summed E-state index contributed by atoms with van der Waals surface area (Å²) in [6.45, 7) is 4.21. The fourth-order valence-electron chi connectivity index (χ4n) is 5.99. The Morgan fingerprint density at radius 3 is 2.00 bits per heavy atom. The van der Waals surface area contributed by atoms with Crippen molar-refractivity contribution in [2.75, 3.05) is 13.1 Å². The van der Waals surface area contributed by atoms with Crippen LogP contribution in [0.25, 0.3) is 0 Å². The van der Waals surface area contributed by atoms with E-state index in [1.54, 1.807) is 33.8 Å². The van der Waals surface area contributed by atoms with Gasteiger partial charge in [0.15, 0.2) is 5.96 Å². The molecular weight excluding hydrogens is 644 g/mol. The average Bonchev–Trinajstić information content (AvgIpc) is 3.03. The lowest BCUT2D eigenvalue weighted by Gasteiger charge is -2.47. The highest BCUT2D eigenvalue weighted by molar-refractivity contribution is 6.54. The number of amides is 4. The number of nitrogens with two attached hydrogens (primary N) is 4. The summed E-state index contributed by atoms with van der Waals surface area (Å²) in [5, 5.41) is 27.5. The van der Waals surface area contributed by atoms with Gasteiger partial charge >= 0.3 is 0 Å². The number of primary amides is 1. The number of hydrogen-bond acceptors (Lipinski definition) is 8. The van der Waals surface area contributed by atoms with Crippen molar-refractivity contribution in [3.8, 4) is 5.75 Å². The van der Waals surface area contributed by atoms with E-state index in [2.05, 4.69) is 21.3 Å². The molecule has 2 aromatic rings. The number of benzene rings is 2. The molecule has 0 aromatic heterocycles. The molecular formula is C32H54B5N9O5. The van der Waals surface area contributed by atoms with Crippen molar-refractivity contribution in [1.82, 2.24) is 21.3 Å². The van der Waals surface area contributed by atoms with Crippen LogP contribution in [-0.2, 0) is 32.0 Å². The molecule has 14 N–H and O–H groups in total. The van der Waals surface area contributed by atoms with Crippen LogP contribution in [0.4, 0.5) is 0 Å². The quantitative estimate of drug-likeness (QED) is 0.0290. The van der Waals surface area contributed by atoms with Gasteiger partial charge in [0.2, 0.25) is 23.6 Å². The number of nitrogens with one attached hydrogen (secondary N) is 5. The number of hydrogen-bond donors (Lipinski definition) is 10. The van der Waals surface area contributed by atoms with Crippen molar-refractivity contribution in [2.24, 2.45) is 22.9 Å². The second-order valence-corrected chi connectivity index (χ2v) is 15.0. The zero-order valence-electron chi connectivity index (χ0n) is 31.1. The van der Waals surface area contributed by atoms with Crippen molar-refractivity contribution < 1.29 is 24.3 Å². The zero-order chi connectivity index (χ0) is 38.7. The average molecular weight is 699 g/mol. The van der Waals surface area contributed by atoms with Crippen LogP contribution >= 0.6 is 0 Å². The van der Waals surface area contributed by atoms with E-state index in [0.717, 1.165) is 11.1 Å². The third-order valence-corrected chi connectivity index (χ3v) is 10.0. The SMILES string of the molecule is BC(B)(CN)C(B)(B)C[C@](B)(NC(=O)[C@H](Cc1c(C)cc(O)cc1C)NC(=O)[C@H](N)CCCNC(=N)N)C(=O)N[C@@H](Cc1ccccc1)C(N)=O. The maximum atomic E-state index is 14.4. The van der Waals surface area contributed by atoms with Crippen molar-refractivity contribution in [2.45, 2.75) is 79.9 Å². The maximum absolute atomic E-state index is 14.4. The van der Waals surface area contributed by atoms with Gasteiger partial charge in [-0.25, -0.2) is 0 Å². The van der Waals surface area contributed by atoms with Crippen LogP contribution in [0.1, 0.15) is 41.5 Å². The highest BCUT2D eigenvalue weighted by Gasteiger charge is 2.46. The Balaban J connectivity index is 2.53. The first-order valence-electron chi connectivity index (χ1n) is 17.2. The van der Waals surface area contributed by atoms with Gasteiger partial charge in [-0.2, -0.15) is 0 Å². The molecule has 0 spiro atoms. The molecule has 0 fully saturated rings. The zero-order valence-corrected chi connectivity index (χ0v) is 31.1. The molecule has 272 valence electrons. The number of aromatic hydroxyl groups is 1. The number of aryl methyl sites for hydroxylation is 2. The first kappa shape index (κ1) is 42.8. The summed E-state index contributed by atoms with van der Waals surface area (Å²) >= 11 is 0. The molecule has 2 aromatic carbocycles. The van der Waals surface area contributed by atoms with Crippen molar-refractivity contribution >= 4 is 68.8 Å². The minimum Gasteiger partial charge on any atom is -0.508 e. The molecule has 19 heteroatoms. The van der Waals surface area contributed by atoms with Gasteiger partial charge < -0.3 is 49.3 Å². The fourth-order valence-corrected chi connectivity index (χ4v) is 5.99. The molecule has 0 saturated carbocycles. The minimum atomic E-state index is -1.61. The summed E-state index contributed by atoms with van der Waals surface area (Å²) < 4.78 is 0. The van der Waals surface area contributed by atoms with Crippen molar-refractivity contribution in [3.63, 3.8) is 0 Å². The molecule has 0 radical (unpaired) electrons. The Labute approximate surface area is 305 Å². The predicted molar refractivity (Wildman–Crippen MR) is 214 cm³/mol. The summed E-state index contributed by atoms with van der Waals surface area (Å²) in [5.74, 6) is -2.74. The van der Waals surface area contributed by atoms with Gasteiger partial charge in [0.25, 0.3) is 0 Å². The highest BCUT2D eigenvalue weighted by Crippen LogP contribution is 2.46. The number of carbonyl (C=O) groups is 4. The number of phenols is 1. The smallest absolute Gasteiger partial charge is 0.243 e. The molecule has 0 aliphatic carbocycles. The summed E-state index contributed by atoms with van der Waals surface area (Å²) in [4.78, 5) is 54.7. The van der Waals surface area contributed by atoms with E-state index in [4.69, 9.17) is 28.3 Å². The fraction of sp³-hybridized carbons (Fsp3) is 0.469. The van der Waals surface area contributed by atoms with Gasteiger partial charge in [0, 0.05) is 19.4 Å². The number of guanidine groups is 1. The first-order valence-corrected chi connectivity index (χ1v) is 17.2. The molecule has 51 heavy (non-hydrogen) atoms. The molecule has 0 aliphatic heterocycles. The van der Waals surface area contributed by atoms with Crippen LogP contribution in [0.2, 0.25) is 10.4 Å². The number of rotatable bonds is 19. The summed E-state index contributed by atoms with van der Waals surface area (Å²) in [6, 6.07) is 9.01. The van der Waals surface area contributed by atoms with E-state index in [9.17, 15) is 24.3 Å². The lowest BCUT2D eigenvalue weighted by Crippen LogP contribution is -2.67. The minimum absolute atomic E-state index is 0.0292. The summed E-state index contributed by atoms with van der Waals surface area (Å²) in [7, 11) is 9.44. The molecule has 2 rings (SSSR count). The predicted octanol–water partition coefficient (Wildman–Crippen LogP) is -5.60. The van der Waals surface area contributed by atoms with E-state index in [1.165, 1.54) is 0 Å². The molecule has 0 saturated heterocycles. The second kappa shape index (κ2) is 18.2. The van der Waals surface area contributed by atoms with Gasteiger partial charge in [-0.15, -0.1) is 0 Å². The molecule has 0 aliphatic rings. The van der Waals surface area contributed by atoms with Crippen LogP contribution in [0, 0.1) is 19.3 Å². The van der Waals surface area contributed by atoms with Crippen LogP contribution < -0.4 is 44.2 Å². The Morgan fingerprint density at radius 2 is 1.47 bits per heavy atom. The number of carbonyl (C=O) groups excluding carboxylic acids is 4. The molecule has 4 amide bonds. The molecule has 0 heterocycles. The Morgan fingerprint density at radius 1 is 0.882 bits per heavy atom. The van der Waals surface area contributed by atoms with Gasteiger partial charge in [-0.1, -0.05) is 40.8 Å². The largest absolute Gasteiger partial charge is 0.508 e. The van der Waals surface area contributed by atoms with Gasteiger partial charge in [-0.3, -0.25) is 24.6 Å². The van der Waals surface area contributed by atoms with Gasteiger partial charge in [0.1, 0.15) is 25.7 Å². The second-order valence-electron chi connectivity index (χ2n) is 15.0. The van der Waals surface area contributed by atoms with E-state index < -0.39 is 57.6 Å². The first-order chi connectivity index (χ1) is 23.6. The number of phenolic OH excluding ortho intramolecular Hbond substituents is 1. The van der Waals surface area contributed by atoms with Crippen LogP contribution in [-0.4, -0.2) is 111 Å². The van der Waals surface area contributed by atoms with E-state index in [0.29, 0.717) is 30.6 Å². The summed E-state index contributed by atoms with van der Waals surface area (Å²) in [5.41, 5.74) is 24.8. The van der Waals surface area contributed by atoms with Crippen molar-refractivity contribution in [3.05, 3.63) is 64.7 Å². The third kappa shape index (κ3) is 12.4. The normalized spacial score (nSPS) is 14.6. The van der Waals surface area contributed by atoms with Crippen LogP contribution in [0.15, 0.2) is 42.5 Å². The highest BCUT2D eigenvalue weighted by atomic mass is 16.3. The Kier molecular flexibility index (Phi) is 15.3. The van der Waals surface area contributed by atoms with E-state index in [1.807, 2.05) is 61.7 Å². The molecule has 0 unspecified atom stereocenters. The molecule has 0 bridgehead atoms. The van der Waals surface area contributed by atoms with E-state index >= 15 is 0 Å². The molecule has 4 atom stereocenters. The van der Waals surface area contributed by atoms with Crippen molar-refractivity contribution in [1.29, 1.82) is 5.41 Å². The third-order valence-electron chi connectivity index (χ3n) is 10.0. The topological polar surface area (TPSA) is 265 Å². The molecule has 14 nitrogen and oxygen atoms in total. The monoisotopic (exact) mass is 699 g/mol. The Bertz CT molecular complexity index is 1540. The summed E-state index contributed by atoms with van der Waals surface area (Å²) in [6.07, 6.45) is 0.966. The maximum Gasteiger partial charge on any atom is 0.243 e. The lowest BCUT2D eigenvalue weighted by molar-refractivity contribution is -0.135. The lowest BCUT2D eigenvalue weighted by atomic mass is 9.27. The Hall–Kier alpha value is -4.37. The standard InChI is InChI=1S/C32H54B5N9O5/c1-17-11-20(47)12-18(2)21(17)14-24(44-26(49)22(39)9-6-10-43-29(41)42)27(50)46-30(33,15-31(34,35)32(36,37)16-38)28(51)45-23(25(40)48)13-19-7-4-3-5-8-19/h3-5,7-8,11-12,22-24,47H,6,9-10,13-16,33-39H2,1-2H3,(H2,40,48)(H,44,49)(H,45,51)(H,46,50)(H4,41,42,43)/t22-,23+,24+,30+/m1/s1. The van der Waals surface area contributed by atoms with Crippen LogP contribution in [0.5, 0.6) is 5.75 Å². The van der Waals surface area contributed by atoms with Gasteiger partial charge in [0.05, 0.1) is 42.9 Å². The van der Waals surface area contributed by atoms with Crippen LogP contribution in [0.3, 0.4) is 0 Å². The van der Waals surface area contributed by atoms with Gasteiger partial charge in [-0.05, 0) is 74.0 Å².